The lowest BCUT2D eigenvalue weighted by atomic mass is 9.75. The number of carboxylic acids is 1. The van der Waals surface area contributed by atoms with Crippen LogP contribution in [0, 0.1) is 22.0 Å². The van der Waals surface area contributed by atoms with Crippen LogP contribution in [0.5, 0.6) is 0 Å². The standard InChI is InChI=1S/C21H22N2O6S/c1-10(2)8-14-17-16(12-6-5-7-13(9-12)23(27)28)15(21(26)29-4)11(3)22-19(17)30-18(14)20(24)25/h5-7,9-10,15-16H,8H2,1-4H3,(H,24,25). The van der Waals surface area contributed by atoms with Crippen molar-refractivity contribution in [1.82, 2.24) is 0 Å². The number of non-ortho nitro benzene ring substituents is 1. The minimum absolute atomic E-state index is 0.100. The van der Waals surface area contributed by atoms with E-state index >= 15 is 0 Å². The van der Waals surface area contributed by atoms with Crippen LogP contribution >= 0.6 is 11.3 Å². The van der Waals surface area contributed by atoms with Gasteiger partial charge in [-0.2, -0.15) is 0 Å². The molecule has 1 aromatic heterocycles. The molecule has 2 unspecified atom stereocenters. The van der Waals surface area contributed by atoms with E-state index in [-0.39, 0.29) is 16.5 Å². The average Bonchev–Trinajstić information content (AvgIpc) is 3.03. The Balaban J connectivity index is 2.33. The number of ether oxygens (including phenoxy) is 1. The highest BCUT2D eigenvalue weighted by Crippen LogP contribution is 2.50. The molecule has 30 heavy (non-hydrogen) atoms. The van der Waals surface area contributed by atoms with Gasteiger partial charge < -0.3 is 9.84 Å². The molecule has 0 aliphatic carbocycles. The molecule has 2 aromatic rings. The van der Waals surface area contributed by atoms with Gasteiger partial charge in [-0.3, -0.25) is 14.9 Å². The molecule has 158 valence electrons. The van der Waals surface area contributed by atoms with Crippen molar-refractivity contribution in [3.05, 3.63) is 55.9 Å². The van der Waals surface area contributed by atoms with E-state index < -0.39 is 28.7 Å². The first kappa shape index (κ1) is 21.6. The van der Waals surface area contributed by atoms with Crippen LogP contribution in [0.2, 0.25) is 0 Å². The Morgan fingerprint density at radius 2 is 2.07 bits per heavy atom. The molecule has 1 N–H and O–H groups in total. The van der Waals surface area contributed by atoms with E-state index in [1.807, 2.05) is 13.8 Å². The molecule has 1 aliphatic heterocycles. The number of aromatic carboxylic acids is 1. The maximum atomic E-state index is 12.7. The van der Waals surface area contributed by atoms with Crippen LogP contribution in [0.1, 0.15) is 53.1 Å². The Morgan fingerprint density at radius 1 is 1.37 bits per heavy atom. The lowest BCUT2D eigenvalue weighted by Gasteiger charge is -2.30. The summed E-state index contributed by atoms with van der Waals surface area (Å²) in [6.45, 7) is 5.65. The number of thiophene rings is 1. The highest BCUT2D eigenvalue weighted by Gasteiger charge is 2.42. The van der Waals surface area contributed by atoms with Crippen molar-refractivity contribution in [1.29, 1.82) is 0 Å². The first-order valence-electron chi connectivity index (χ1n) is 9.41. The smallest absolute Gasteiger partial charge is 0.346 e. The van der Waals surface area contributed by atoms with Gasteiger partial charge in [-0.15, -0.1) is 11.3 Å². The van der Waals surface area contributed by atoms with Crippen molar-refractivity contribution in [2.24, 2.45) is 16.8 Å². The predicted molar refractivity (Wildman–Crippen MR) is 113 cm³/mol. The highest BCUT2D eigenvalue weighted by molar-refractivity contribution is 7.18. The van der Waals surface area contributed by atoms with Gasteiger partial charge in [-0.05, 0) is 30.4 Å². The molecule has 9 heteroatoms. The molecule has 0 bridgehead atoms. The second-order valence-electron chi connectivity index (χ2n) is 7.62. The lowest BCUT2D eigenvalue weighted by Crippen LogP contribution is -2.33. The second-order valence-corrected chi connectivity index (χ2v) is 8.61. The molecule has 0 fully saturated rings. The van der Waals surface area contributed by atoms with E-state index in [1.54, 1.807) is 19.1 Å². The monoisotopic (exact) mass is 430 g/mol. The fourth-order valence-electron chi connectivity index (χ4n) is 3.91. The summed E-state index contributed by atoms with van der Waals surface area (Å²) in [5, 5.41) is 21.6. The van der Waals surface area contributed by atoms with Crippen LogP contribution in [0.25, 0.3) is 0 Å². The van der Waals surface area contributed by atoms with Gasteiger partial charge in [0, 0.05) is 29.3 Å². The van der Waals surface area contributed by atoms with Gasteiger partial charge in [0.05, 0.1) is 12.0 Å². The number of methoxy groups -OCH3 is 1. The molecule has 2 atom stereocenters. The molecule has 2 heterocycles. The van der Waals surface area contributed by atoms with E-state index in [9.17, 15) is 24.8 Å². The van der Waals surface area contributed by atoms with Gasteiger partial charge in [0.25, 0.3) is 5.69 Å². The number of esters is 1. The Kier molecular flexibility index (Phi) is 6.02. The van der Waals surface area contributed by atoms with Crippen molar-refractivity contribution < 1.29 is 24.4 Å². The summed E-state index contributed by atoms with van der Waals surface area (Å²) in [6, 6.07) is 6.09. The van der Waals surface area contributed by atoms with Crippen molar-refractivity contribution in [3.63, 3.8) is 0 Å². The quantitative estimate of drug-likeness (QED) is 0.407. The first-order valence-corrected chi connectivity index (χ1v) is 10.2. The van der Waals surface area contributed by atoms with E-state index in [0.29, 0.717) is 33.8 Å². The Labute approximate surface area is 177 Å². The maximum absolute atomic E-state index is 12.7. The summed E-state index contributed by atoms with van der Waals surface area (Å²) < 4.78 is 5.01. The number of nitrogens with zero attached hydrogens (tertiary/aromatic N) is 2. The molecule has 1 aliphatic rings. The first-order chi connectivity index (χ1) is 14.1. The van der Waals surface area contributed by atoms with E-state index in [1.165, 1.54) is 19.2 Å². The molecule has 3 rings (SSSR count). The van der Waals surface area contributed by atoms with Crippen LogP contribution in [-0.4, -0.2) is 34.8 Å². The van der Waals surface area contributed by atoms with Gasteiger partial charge in [0.1, 0.15) is 15.8 Å². The number of hydrogen-bond acceptors (Lipinski definition) is 7. The number of rotatable bonds is 6. The van der Waals surface area contributed by atoms with Crippen LogP contribution in [0.4, 0.5) is 10.7 Å². The number of nitro groups is 1. The molecular weight excluding hydrogens is 408 g/mol. The SMILES string of the molecule is COC(=O)C1C(C)=Nc2sc(C(=O)O)c(CC(C)C)c2C1c1cccc([N+](=O)[O-])c1. The van der Waals surface area contributed by atoms with Gasteiger partial charge >= 0.3 is 11.9 Å². The summed E-state index contributed by atoms with van der Waals surface area (Å²) in [4.78, 5) is 40.2. The van der Waals surface area contributed by atoms with Gasteiger partial charge in [-0.1, -0.05) is 26.0 Å². The third kappa shape index (κ3) is 3.85. The Morgan fingerprint density at radius 3 is 2.63 bits per heavy atom. The second kappa shape index (κ2) is 8.35. The third-order valence-electron chi connectivity index (χ3n) is 5.10. The normalized spacial score (nSPS) is 18.0. The summed E-state index contributed by atoms with van der Waals surface area (Å²) in [6.07, 6.45) is 0.487. The van der Waals surface area contributed by atoms with Gasteiger partial charge in [0.15, 0.2) is 0 Å². The third-order valence-corrected chi connectivity index (χ3v) is 6.23. The largest absolute Gasteiger partial charge is 0.477 e. The van der Waals surface area contributed by atoms with Gasteiger partial charge in [0.2, 0.25) is 0 Å². The zero-order valence-electron chi connectivity index (χ0n) is 17.0. The molecule has 0 spiro atoms. The molecule has 0 radical (unpaired) electrons. The number of carbonyl (C=O) groups excluding carboxylic acids is 1. The summed E-state index contributed by atoms with van der Waals surface area (Å²) in [5.74, 6) is -2.83. The minimum atomic E-state index is -1.05. The fraction of sp³-hybridized carbons (Fsp3) is 0.381. The van der Waals surface area contributed by atoms with Crippen LogP contribution < -0.4 is 0 Å². The Hall–Kier alpha value is -3.07. The zero-order chi connectivity index (χ0) is 22.2. The fourth-order valence-corrected chi connectivity index (χ4v) is 5.06. The van der Waals surface area contributed by atoms with E-state index in [4.69, 9.17) is 4.74 Å². The summed E-state index contributed by atoms with van der Waals surface area (Å²) in [7, 11) is 1.28. The highest BCUT2D eigenvalue weighted by atomic mass is 32.1. The van der Waals surface area contributed by atoms with Crippen molar-refractivity contribution in [2.45, 2.75) is 33.1 Å². The van der Waals surface area contributed by atoms with Crippen LogP contribution in [0.3, 0.4) is 0 Å². The number of carboxylic acid groups (broad SMARTS) is 1. The zero-order valence-corrected chi connectivity index (χ0v) is 17.9. The number of benzene rings is 1. The van der Waals surface area contributed by atoms with Crippen molar-refractivity contribution >= 4 is 39.7 Å². The average molecular weight is 430 g/mol. The number of aliphatic imine (C=N–C) groups is 1. The number of carbonyl (C=O) groups is 2. The lowest BCUT2D eigenvalue weighted by molar-refractivity contribution is -0.384. The number of hydrogen-bond donors (Lipinski definition) is 1. The number of fused-ring (bicyclic) bond motifs is 1. The summed E-state index contributed by atoms with van der Waals surface area (Å²) >= 11 is 1.07. The predicted octanol–water partition coefficient (Wildman–Crippen LogP) is 4.58. The van der Waals surface area contributed by atoms with Crippen molar-refractivity contribution in [2.75, 3.05) is 7.11 Å². The Bertz CT molecular complexity index is 1060. The van der Waals surface area contributed by atoms with Crippen molar-refractivity contribution in [3.8, 4) is 0 Å². The molecule has 1 aromatic carbocycles. The van der Waals surface area contributed by atoms with Crippen LogP contribution in [-0.2, 0) is 16.0 Å². The minimum Gasteiger partial charge on any atom is -0.477 e. The summed E-state index contributed by atoms with van der Waals surface area (Å²) in [5.41, 5.74) is 2.21. The van der Waals surface area contributed by atoms with Crippen LogP contribution in [0.15, 0.2) is 29.3 Å². The molecule has 0 saturated heterocycles. The molecule has 8 nitrogen and oxygen atoms in total. The number of nitro benzene ring substituents is 1. The van der Waals surface area contributed by atoms with E-state index in [2.05, 4.69) is 4.99 Å². The maximum Gasteiger partial charge on any atom is 0.346 e. The molecule has 0 saturated carbocycles. The molecule has 0 amide bonds. The molecular formula is C21H22N2O6S. The topological polar surface area (TPSA) is 119 Å². The van der Waals surface area contributed by atoms with Gasteiger partial charge in [-0.25, -0.2) is 9.79 Å². The van der Waals surface area contributed by atoms with E-state index in [0.717, 1.165) is 11.3 Å².